The molecule has 1 aromatic carbocycles. The minimum absolute atomic E-state index is 0.0577. The average molecular weight is 389 g/mol. The van der Waals surface area contributed by atoms with Crippen molar-refractivity contribution in [2.24, 2.45) is 0 Å². The van der Waals surface area contributed by atoms with E-state index in [4.69, 9.17) is 0 Å². The topological polar surface area (TPSA) is 89.8 Å². The van der Waals surface area contributed by atoms with E-state index in [1.807, 2.05) is 0 Å². The van der Waals surface area contributed by atoms with Crippen LogP contribution < -0.4 is 10.9 Å². The first-order valence-electron chi connectivity index (χ1n) is 8.85. The molecule has 29 heavy (non-hydrogen) atoms. The molecule has 0 unspecified atom stereocenters. The molecular formula is C21H16FN5O2. The van der Waals surface area contributed by atoms with Gasteiger partial charge >= 0.3 is 0 Å². The Hall–Kier alpha value is -3.94. The molecule has 0 fully saturated rings. The first kappa shape index (κ1) is 18.4. The highest BCUT2D eigenvalue weighted by Gasteiger charge is 2.17. The second-order valence-electron chi connectivity index (χ2n) is 6.47. The lowest BCUT2D eigenvalue weighted by atomic mass is 10.1. The van der Waals surface area contributed by atoms with Gasteiger partial charge in [0.2, 0.25) is 5.95 Å². The molecule has 3 heterocycles. The summed E-state index contributed by atoms with van der Waals surface area (Å²) in [5.41, 5.74) is 1.26. The summed E-state index contributed by atoms with van der Waals surface area (Å²) in [4.78, 5) is 38.3. The fraction of sp³-hybridized carbons (Fsp3) is 0.0952. The Kier molecular flexibility index (Phi) is 4.82. The Bertz CT molecular complexity index is 1270. The third-order valence-corrected chi connectivity index (χ3v) is 4.37. The lowest BCUT2D eigenvalue weighted by Crippen LogP contribution is -2.30. The predicted molar refractivity (Wildman–Crippen MR) is 106 cm³/mol. The van der Waals surface area contributed by atoms with Crippen LogP contribution in [0.2, 0.25) is 0 Å². The molecule has 0 spiro atoms. The van der Waals surface area contributed by atoms with Gasteiger partial charge in [-0.3, -0.25) is 19.5 Å². The second-order valence-corrected chi connectivity index (χ2v) is 6.47. The van der Waals surface area contributed by atoms with Crippen molar-refractivity contribution in [2.75, 3.05) is 5.32 Å². The third kappa shape index (κ3) is 3.86. The Labute approximate surface area is 164 Å². The minimum atomic E-state index is -0.612. The number of nitrogens with one attached hydrogen (secondary N) is 1. The highest BCUT2D eigenvalue weighted by molar-refractivity contribution is 6.04. The van der Waals surface area contributed by atoms with Gasteiger partial charge in [-0.15, -0.1) is 0 Å². The fourth-order valence-corrected chi connectivity index (χ4v) is 2.97. The third-order valence-electron chi connectivity index (χ3n) is 4.37. The summed E-state index contributed by atoms with van der Waals surface area (Å²) in [5.74, 6) is -0.861. The molecule has 0 bridgehead atoms. The molecule has 0 aliphatic heterocycles. The van der Waals surface area contributed by atoms with E-state index in [2.05, 4.69) is 20.3 Å². The highest BCUT2D eigenvalue weighted by Crippen LogP contribution is 2.14. The van der Waals surface area contributed by atoms with Crippen LogP contribution in [0, 0.1) is 12.7 Å². The molecule has 0 aliphatic rings. The molecule has 0 atom stereocenters. The number of benzene rings is 1. The van der Waals surface area contributed by atoms with Crippen molar-refractivity contribution in [3.05, 3.63) is 93.9 Å². The number of amides is 1. The molecule has 0 aliphatic carbocycles. The zero-order valence-corrected chi connectivity index (χ0v) is 15.5. The van der Waals surface area contributed by atoms with E-state index in [0.717, 1.165) is 0 Å². The summed E-state index contributed by atoms with van der Waals surface area (Å²) >= 11 is 0. The quantitative estimate of drug-likeness (QED) is 0.580. The monoisotopic (exact) mass is 389 g/mol. The van der Waals surface area contributed by atoms with Crippen LogP contribution in [0.3, 0.4) is 0 Å². The van der Waals surface area contributed by atoms with Crippen molar-refractivity contribution in [2.45, 2.75) is 13.5 Å². The van der Waals surface area contributed by atoms with E-state index >= 15 is 0 Å². The number of rotatable bonds is 4. The summed E-state index contributed by atoms with van der Waals surface area (Å²) in [6.45, 7) is 1.92. The molecule has 7 nitrogen and oxygen atoms in total. The minimum Gasteiger partial charge on any atom is -0.290 e. The number of fused-ring (bicyclic) bond motifs is 1. The van der Waals surface area contributed by atoms with Crippen LogP contribution in [0.4, 0.5) is 10.3 Å². The van der Waals surface area contributed by atoms with E-state index in [1.165, 1.54) is 29.0 Å². The lowest BCUT2D eigenvalue weighted by molar-refractivity contribution is 0.102. The van der Waals surface area contributed by atoms with Crippen LogP contribution in [0.1, 0.15) is 21.6 Å². The number of aryl methyl sites for hydroxylation is 1. The van der Waals surface area contributed by atoms with E-state index in [1.54, 1.807) is 43.5 Å². The Morgan fingerprint density at radius 2 is 1.90 bits per heavy atom. The van der Waals surface area contributed by atoms with Crippen LogP contribution in [-0.4, -0.2) is 25.4 Å². The molecule has 0 saturated heterocycles. The zero-order chi connectivity index (χ0) is 20.4. The van der Waals surface area contributed by atoms with Crippen LogP contribution >= 0.6 is 0 Å². The molecule has 4 rings (SSSR count). The van der Waals surface area contributed by atoms with Gasteiger partial charge in [-0.1, -0.05) is 12.1 Å². The van der Waals surface area contributed by atoms with Gasteiger partial charge in [-0.2, -0.15) is 0 Å². The van der Waals surface area contributed by atoms with Gasteiger partial charge in [0, 0.05) is 23.5 Å². The van der Waals surface area contributed by atoms with Gasteiger partial charge in [0.15, 0.2) is 0 Å². The van der Waals surface area contributed by atoms with Crippen molar-refractivity contribution in [3.63, 3.8) is 0 Å². The van der Waals surface area contributed by atoms with Gasteiger partial charge in [0.05, 0.1) is 6.54 Å². The van der Waals surface area contributed by atoms with E-state index in [0.29, 0.717) is 22.3 Å². The normalized spacial score (nSPS) is 10.8. The van der Waals surface area contributed by atoms with E-state index < -0.39 is 11.5 Å². The summed E-state index contributed by atoms with van der Waals surface area (Å²) in [6.07, 6.45) is 3.10. The van der Waals surface area contributed by atoms with Crippen molar-refractivity contribution >= 4 is 22.9 Å². The van der Waals surface area contributed by atoms with Gasteiger partial charge in [-0.25, -0.2) is 19.3 Å². The summed E-state index contributed by atoms with van der Waals surface area (Å²) in [6, 6.07) is 12.5. The zero-order valence-electron chi connectivity index (χ0n) is 15.5. The maximum Gasteiger partial charge on any atom is 0.265 e. The molecule has 4 aromatic rings. The van der Waals surface area contributed by atoms with Crippen LogP contribution in [0.15, 0.2) is 65.7 Å². The van der Waals surface area contributed by atoms with Crippen molar-refractivity contribution in [1.29, 1.82) is 0 Å². The molecule has 1 N–H and O–H groups in total. The number of carbonyl (C=O) groups excluding carboxylic acids is 1. The molecule has 0 radical (unpaired) electrons. The average Bonchev–Trinajstić information content (AvgIpc) is 2.71. The number of pyridine rings is 2. The molecule has 1 amide bonds. The smallest absolute Gasteiger partial charge is 0.265 e. The number of hydrogen-bond acceptors (Lipinski definition) is 5. The second kappa shape index (κ2) is 7.59. The molecule has 144 valence electrons. The fourth-order valence-electron chi connectivity index (χ4n) is 2.97. The Morgan fingerprint density at radius 3 is 2.66 bits per heavy atom. The van der Waals surface area contributed by atoms with Gasteiger partial charge in [-0.05, 0) is 48.9 Å². The van der Waals surface area contributed by atoms with Crippen LogP contribution in [0.5, 0.6) is 0 Å². The number of anilines is 1. The van der Waals surface area contributed by atoms with Gasteiger partial charge < -0.3 is 0 Å². The maximum atomic E-state index is 13.2. The lowest BCUT2D eigenvalue weighted by Gasteiger charge is -2.12. The van der Waals surface area contributed by atoms with E-state index in [-0.39, 0.29) is 23.9 Å². The number of aromatic nitrogens is 4. The first-order chi connectivity index (χ1) is 14.0. The molecular weight excluding hydrogens is 373 g/mol. The largest absolute Gasteiger partial charge is 0.290 e. The number of nitrogens with zero attached hydrogens (tertiary/aromatic N) is 4. The standard InChI is InChI=1S/C21H16FN5O2/c1-13-8-10-24-21(25-13)26-19(28)17-11-15-3-2-9-23-18(15)27(20(17)29)12-14-4-6-16(22)7-5-14/h2-11H,12H2,1H3,(H,24,25,26,28). The number of hydrogen-bond donors (Lipinski definition) is 1. The van der Waals surface area contributed by atoms with Gasteiger partial charge in [0.25, 0.3) is 11.5 Å². The Morgan fingerprint density at radius 1 is 1.10 bits per heavy atom. The first-order valence-corrected chi connectivity index (χ1v) is 8.85. The molecule has 0 saturated carbocycles. The summed E-state index contributed by atoms with van der Waals surface area (Å²) in [7, 11) is 0. The summed E-state index contributed by atoms with van der Waals surface area (Å²) in [5, 5.41) is 3.19. The SMILES string of the molecule is Cc1ccnc(NC(=O)c2cc3cccnc3n(Cc3ccc(F)cc3)c2=O)n1. The van der Waals surface area contributed by atoms with E-state index in [9.17, 15) is 14.0 Å². The van der Waals surface area contributed by atoms with Crippen molar-refractivity contribution in [1.82, 2.24) is 19.5 Å². The number of halogens is 1. The van der Waals surface area contributed by atoms with Crippen molar-refractivity contribution < 1.29 is 9.18 Å². The van der Waals surface area contributed by atoms with Crippen molar-refractivity contribution in [3.8, 4) is 0 Å². The molecule has 3 aromatic heterocycles. The predicted octanol–water partition coefficient (Wildman–Crippen LogP) is 2.93. The van der Waals surface area contributed by atoms with Gasteiger partial charge in [0.1, 0.15) is 17.0 Å². The maximum absolute atomic E-state index is 13.2. The molecule has 8 heteroatoms. The number of carbonyl (C=O) groups is 1. The van der Waals surface area contributed by atoms with Crippen LogP contribution in [0.25, 0.3) is 11.0 Å². The highest BCUT2D eigenvalue weighted by atomic mass is 19.1. The van der Waals surface area contributed by atoms with Crippen LogP contribution in [-0.2, 0) is 6.54 Å². The Balaban J connectivity index is 1.78. The summed E-state index contributed by atoms with van der Waals surface area (Å²) < 4.78 is 14.6.